The van der Waals surface area contributed by atoms with Crippen molar-refractivity contribution in [1.82, 2.24) is 4.90 Å². The Balaban J connectivity index is 1.80. The summed E-state index contributed by atoms with van der Waals surface area (Å²) in [4.78, 5) is 25.4. The summed E-state index contributed by atoms with van der Waals surface area (Å²) < 4.78 is 18.9. The minimum atomic E-state index is -0.357. The molecule has 1 fully saturated rings. The van der Waals surface area contributed by atoms with Gasteiger partial charge in [-0.3, -0.25) is 14.5 Å². The summed E-state index contributed by atoms with van der Waals surface area (Å²) in [6, 6.07) is 9.20. The number of likely N-dealkylation sites (N-methyl/N-ethyl adjacent to an activating group) is 1. The van der Waals surface area contributed by atoms with Gasteiger partial charge in [-0.05, 0) is 60.2 Å². The Labute approximate surface area is 169 Å². The summed E-state index contributed by atoms with van der Waals surface area (Å²) in [6.45, 7) is 2.15. The fourth-order valence-corrected chi connectivity index (χ4v) is 4.02. The largest absolute Gasteiger partial charge is 0.486 e. The van der Waals surface area contributed by atoms with Gasteiger partial charge in [0.15, 0.2) is 5.75 Å². The van der Waals surface area contributed by atoms with E-state index in [9.17, 15) is 14.0 Å². The molecule has 1 heterocycles. The highest BCUT2D eigenvalue weighted by atomic mass is 35.5. The quantitative estimate of drug-likeness (QED) is 0.570. The number of hydrogen-bond acceptors (Lipinski definition) is 4. The van der Waals surface area contributed by atoms with E-state index in [-0.39, 0.29) is 39.4 Å². The minimum absolute atomic E-state index is 0.103. The number of carbonyl (C=O) groups excluding carboxylic acids is 2. The average Bonchev–Trinajstić information content (AvgIpc) is 2.87. The highest BCUT2D eigenvalue weighted by Crippen LogP contribution is 2.37. The van der Waals surface area contributed by atoms with Crippen molar-refractivity contribution in [3.8, 4) is 5.75 Å². The lowest BCUT2D eigenvalue weighted by atomic mass is 10.2. The van der Waals surface area contributed by atoms with Crippen molar-refractivity contribution in [1.29, 1.82) is 0 Å². The Morgan fingerprint density at radius 3 is 2.48 bits per heavy atom. The molecule has 8 heteroatoms. The summed E-state index contributed by atoms with van der Waals surface area (Å²) in [5.74, 6) is -0.433. The first-order chi connectivity index (χ1) is 12.9. The number of hydrogen-bond donors (Lipinski definition) is 0. The zero-order valence-corrected chi connectivity index (χ0v) is 16.5. The zero-order valence-electron chi connectivity index (χ0n) is 14.2. The standard InChI is InChI=1S/C19H14Cl2FNO3S/c1-2-23-18(24)16(27-19(23)25)9-12-7-14(20)17(15(21)8-12)26-10-11-4-3-5-13(22)6-11/h3-9H,2,10H2,1H3/b16-9-. The Kier molecular flexibility index (Phi) is 6.09. The first-order valence-corrected chi connectivity index (χ1v) is 9.58. The summed E-state index contributed by atoms with van der Waals surface area (Å²) in [5, 5.41) is 0.195. The molecule has 2 amide bonds. The van der Waals surface area contributed by atoms with E-state index in [4.69, 9.17) is 27.9 Å². The van der Waals surface area contributed by atoms with Crippen molar-refractivity contribution in [3.63, 3.8) is 0 Å². The molecule has 1 aliphatic heterocycles. The van der Waals surface area contributed by atoms with E-state index in [0.29, 0.717) is 22.6 Å². The first kappa shape index (κ1) is 19.7. The zero-order chi connectivity index (χ0) is 19.6. The van der Waals surface area contributed by atoms with Crippen LogP contribution in [-0.2, 0) is 11.4 Å². The fourth-order valence-electron chi connectivity index (χ4n) is 2.51. The van der Waals surface area contributed by atoms with Gasteiger partial charge in [-0.2, -0.15) is 0 Å². The molecule has 1 aliphatic rings. The molecular formula is C19H14Cl2FNO3S. The van der Waals surface area contributed by atoms with E-state index >= 15 is 0 Å². The van der Waals surface area contributed by atoms with Gasteiger partial charge in [0.1, 0.15) is 12.4 Å². The molecule has 140 valence electrons. The molecule has 0 saturated carbocycles. The smallest absolute Gasteiger partial charge is 0.293 e. The van der Waals surface area contributed by atoms with Gasteiger partial charge in [-0.1, -0.05) is 35.3 Å². The summed E-state index contributed by atoms with van der Waals surface area (Å²) >= 11 is 13.4. The van der Waals surface area contributed by atoms with Crippen molar-refractivity contribution in [2.45, 2.75) is 13.5 Å². The molecule has 4 nitrogen and oxygen atoms in total. The molecule has 0 aromatic heterocycles. The third kappa shape index (κ3) is 4.46. The van der Waals surface area contributed by atoms with Gasteiger partial charge in [-0.15, -0.1) is 0 Å². The van der Waals surface area contributed by atoms with E-state index in [2.05, 4.69) is 0 Å². The topological polar surface area (TPSA) is 46.6 Å². The predicted molar refractivity (Wildman–Crippen MR) is 106 cm³/mol. The van der Waals surface area contributed by atoms with Gasteiger partial charge in [0.25, 0.3) is 11.1 Å². The molecule has 0 atom stereocenters. The molecule has 27 heavy (non-hydrogen) atoms. The molecule has 1 saturated heterocycles. The second-order valence-electron chi connectivity index (χ2n) is 5.66. The van der Waals surface area contributed by atoms with Gasteiger partial charge in [0, 0.05) is 6.54 Å². The van der Waals surface area contributed by atoms with Crippen LogP contribution in [0.15, 0.2) is 41.3 Å². The van der Waals surface area contributed by atoms with Crippen molar-refractivity contribution in [3.05, 3.63) is 68.3 Å². The predicted octanol–water partition coefficient (Wildman–Crippen LogP) is 5.77. The van der Waals surface area contributed by atoms with Gasteiger partial charge < -0.3 is 4.74 Å². The Morgan fingerprint density at radius 2 is 1.89 bits per heavy atom. The number of ether oxygens (including phenoxy) is 1. The van der Waals surface area contributed by atoms with Crippen LogP contribution in [0.3, 0.4) is 0 Å². The number of benzene rings is 2. The Morgan fingerprint density at radius 1 is 1.19 bits per heavy atom. The first-order valence-electron chi connectivity index (χ1n) is 8.00. The maximum atomic E-state index is 13.2. The van der Waals surface area contributed by atoms with Crippen LogP contribution in [0.5, 0.6) is 5.75 Å². The molecule has 0 bridgehead atoms. The normalized spacial score (nSPS) is 15.7. The molecule has 2 aromatic rings. The highest BCUT2D eigenvalue weighted by molar-refractivity contribution is 8.18. The van der Waals surface area contributed by atoms with E-state index in [1.807, 2.05) is 0 Å². The molecule has 0 unspecified atom stereocenters. The molecule has 0 N–H and O–H groups in total. The van der Waals surface area contributed by atoms with Gasteiger partial charge in [0.2, 0.25) is 0 Å². The number of amides is 2. The number of carbonyl (C=O) groups is 2. The van der Waals surface area contributed by atoms with Crippen LogP contribution < -0.4 is 4.74 Å². The van der Waals surface area contributed by atoms with E-state index in [0.717, 1.165) is 16.7 Å². The van der Waals surface area contributed by atoms with Crippen molar-refractivity contribution in [2.75, 3.05) is 6.54 Å². The number of nitrogens with zero attached hydrogens (tertiary/aromatic N) is 1. The van der Waals surface area contributed by atoms with Crippen molar-refractivity contribution >= 4 is 52.2 Å². The van der Waals surface area contributed by atoms with Gasteiger partial charge in [0.05, 0.1) is 15.0 Å². The molecule has 0 radical (unpaired) electrons. The van der Waals surface area contributed by atoms with Crippen LogP contribution in [0.4, 0.5) is 9.18 Å². The third-order valence-electron chi connectivity index (χ3n) is 3.78. The average molecular weight is 426 g/mol. The molecular weight excluding hydrogens is 412 g/mol. The molecule has 0 spiro atoms. The van der Waals surface area contributed by atoms with E-state index in [1.54, 1.807) is 37.3 Å². The third-order valence-corrected chi connectivity index (χ3v) is 5.25. The maximum Gasteiger partial charge on any atom is 0.293 e. The summed E-state index contributed by atoms with van der Waals surface area (Å²) in [5.41, 5.74) is 1.21. The van der Waals surface area contributed by atoms with Gasteiger partial charge in [-0.25, -0.2) is 4.39 Å². The number of halogens is 3. The van der Waals surface area contributed by atoms with Crippen LogP contribution in [0.1, 0.15) is 18.1 Å². The lowest BCUT2D eigenvalue weighted by molar-refractivity contribution is -0.122. The fraction of sp³-hybridized carbons (Fsp3) is 0.158. The van der Waals surface area contributed by atoms with Crippen molar-refractivity contribution in [2.24, 2.45) is 0 Å². The lowest BCUT2D eigenvalue weighted by Gasteiger charge is -2.11. The molecule has 2 aromatic carbocycles. The molecule has 3 rings (SSSR count). The Hall–Kier alpha value is -2.02. The minimum Gasteiger partial charge on any atom is -0.486 e. The molecule has 0 aliphatic carbocycles. The monoisotopic (exact) mass is 425 g/mol. The number of rotatable bonds is 5. The number of imide groups is 1. The lowest BCUT2D eigenvalue weighted by Crippen LogP contribution is -2.27. The second kappa shape index (κ2) is 8.33. The van der Waals surface area contributed by atoms with E-state index < -0.39 is 0 Å². The van der Waals surface area contributed by atoms with Crippen LogP contribution in [0.25, 0.3) is 6.08 Å². The van der Waals surface area contributed by atoms with Crippen LogP contribution in [-0.4, -0.2) is 22.6 Å². The van der Waals surface area contributed by atoms with Crippen LogP contribution in [0.2, 0.25) is 10.0 Å². The SMILES string of the molecule is CCN1C(=O)S/C(=C\c2cc(Cl)c(OCc3cccc(F)c3)c(Cl)c2)C1=O. The summed E-state index contributed by atoms with van der Waals surface area (Å²) in [7, 11) is 0. The summed E-state index contributed by atoms with van der Waals surface area (Å²) in [6.07, 6.45) is 1.56. The van der Waals surface area contributed by atoms with Crippen LogP contribution in [0, 0.1) is 5.82 Å². The van der Waals surface area contributed by atoms with Gasteiger partial charge >= 0.3 is 0 Å². The number of thioether (sulfide) groups is 1. The van der Waals surface area contributed by atoms with Crippen LogP contribution >= 0.6 is 35.0 Å². The highest BCUT2D eigenvalue weighted by Gasteiger charge is 2.33. The Bertz CT molecular complexity index is 925. The van der Waals surface area contributed by atoms with Crippen molar-refractivity contribution < 1.29 is 18.7 Å². The maximum absolute atomic E-state index is 13.2. The van der Waals surface area contributed by atoms with E-state index in [1.165, 1.54) is 12.1 Å². The second-order valence-corrected chi connectivity index (χ2v) is 7.47.